The standard InChI is InChI=1S/C17H15ClF3N3O4S/c18-14-6-5-12(11-13(14)17(19,20)21)29(27,28)23-9-7-22(8-10-23)15-3-1-2-4-16(15)24(25)26/h1-6,11H,7-10H2. The van der Waals surface area contributed by atoms with Gasteiger partial charge >= 0.3 is 6.18 Å². The van der Waals surface area contributed by atoms with E-state index in [1.165, 1.54) is 12.1 Å². The average Bonchev–Trinajstić information content (AvgIpc) is 2.67. The molecule has 1 aliphatic heterocycles. The Morgan fingerprint density at radius 3 is 2.24 bits per heavy atom. The number of nitrogens with zero attached hydrogens (tertiary/aromatic N) is 3. The fraction of sp³-hybridized carbons (Fsp3) is 0.294. The normalized spacial score (nSPS) is 16.1. The van der Waals surface area contributed by atoms with Gasteiger partial charge in [0.15, 0.2) is 0 Å². The molecule has 2 aromatic rings. The van der Waals surface area contributed by atoms with Crippen LogP contribution >= 0.6 is 11.6 Å². The molecule has 0 saturated carbocycles. The highest BCUT2D eigenvalue weighted by Crippen LogP contribution is 2.36. The van der Waals surface area contributed by atoms with E-state index in [9.17, 15) is 31.7 Å². The molecule has 156 valence electrons. The molecule has 0 spiro atoms. The van der Waals surface area contributed by atoms with Crippen LogP contribution in [-0.4, -0.2) is 43.8 Å². The molecule has 0 atom stereocenters. The second kappa shape index (κ2) is 7.81. The smallest absolute Gasteiger partial charge is 0.363 e. The third-order valence-electron chi connectivity index (χ3n) is 4.54. The van der Waals surface area contributed by atoms with Crippen LogP contribution in [0.4, 0.5) is 24.5 Å². The first-order chi connectivity index (χ1) is 13.5. The van der Waals surface area contributed by atoms with Crippen molar-refractivity contribution in [2.24, 2.45) is 0 Å². The van der Waals surface area contributed by atoms with Gasteiger partial charge in [-0.1, -0.05) is 23.7 Å². The highest BCUT2D eigenvalue weighted by Gasteiger charge is 2.36. The zero-order valence-corrected chi connectivity index (χ0v) is 16.3. The second-order valence-electron chi connectivity index (χ2n) is 6.28. The number of rotatable bonds is 4. The molecule has 0 N–H and O–H groups in total. The van der Waals surface area contributed by atoms with Crippen molar-refractivity contribution in [1.29, 1.82) is 0 Å². The Labute approximate surface area is 169 Å². The van der Waals surface area contributed by atoms with Gasteiger partial charge in [-0.2, -0.15) is 17.5 Å². The number of alkyl halides is 3. The molecule has 3 rings (SSSR count). The van der Waals surface area contributed by atoms with Crippen molar-refractivity contribution in [3.63, 3.8) is 0 Å². The lowest BCUT2D eigenvalue weighted by atomic mass is 10.2. The van der Waals surface area contributed by atoms with Crippen molar-refractivity contribution in [3.05, 3.63) is 63.2 Å². The maximum Gasteiger partial charge on any atom is 0.417 e. The van der Waals surface area contributed by atoms with Gasteiger partial charge in [0.1, 0.15) is 5.69 Å². The summed E-state index contributed by atoms with van der Waals surface area (Å²) in [5, 5.41) is 10.6. The Balaban J connectivity index is 1.82. The minimum Gasteiger partial charge on any atom is -0.363 e. The monoisotopic (exact) mass is 449 g/mol. The van der Waals surface area contributed by atoms with E-state index in [1.54, 1.807) is 17.0 Å². The Bertz CT molecular complexity index is 1040. The van der Waals surface area contributed by atoms with E-state index in [1.807, 2.05) is 0 Å². The number of para-hydroxylation sites is 2. The van der Waals surface area contributed by atoms with Crippen LogP contribution in [0.5, 0.6) is 0 Å². The number of sulfonamides is 1. The number of hydrogen-bond acceptors (Lipinski definition) is 5. The van der Waals surface area contributed by atoms with Crippen molar-refractivity contribution < 1.29 is 26.5 Å². The summed E-state index contributed by atoms with van der Waals surface area (Å²) in [5.41, 5.74) is -0.962. The predicted octanol–water partition coefficient (Wildman–Crippen LogP) is 3.78. The summed E-state index contributed by atoms with van der Waals surface area (Å²) in [6.45, 7) is 0.254. The predicted molar refractivity (Wildman–Crippen MR) is 101 cm³/mol. The summed E-state index contributed by atoms with van der Waals surface area (Å²) in [7, 11) is -4.18. The first kappa shape index (κ1) is 21.3. The first-order valence-electron chi connectivity index (χ1n) is 8.37. The van der Waals surface area contributed by atoms with Gasteiger partial charge in [-0.25, -0.2) is 8.42 Å². The minimum absolute atomic E-state index is 0.0294. The highest BCUT2D eigenvalue weighted by molar-refractivity contribution is 7.89. The first-order valence-corrected chi connectivity index (χ1v) is 10.2. The van der Waals surface area contributed by atoms with Crippen LogP contribution in [0.2, 0.25) is 5.02 Å². The van der Waals surface area contributed by atoms with E-state index < -0.39 is 36.6 Å². The van der Waals surface area contributed by atoms with Gasteiger partial charge in [0, 0.05) is 32.2 Å². The van der Waals surface area contributed by atoms with Crippen LogP contribution in [0.1, 0.15) is 5.56 Å². The molecule has 1 heterocycles. The summed E-state index contributed by atoms with van der Waals surface area (Å²) in [6, 6.07) is 8.54. The molecule has 0 bridgehead atoms. The zero-order valence-electron chi connectivity index (χ0n) is 14.8. The van der Waals surface area contributed by atoms with Crippen molar-refractivity contribution >= 4 is 33.0 Å². The maximum absolute atomic E-state index is 13.0. The summed E-state index contributed by atoms with van der Waals surface area (Å²) >= 11 is 5.55. The lowest BCUT2D eigenvalue weighted by Gasteiger charge is -2.35. The molecule has 29 heavy (non-hydrogen) atoms. The average molecular weight is 450 g/mol. The van der Waals surface area contributed by atoms with Crippen LogP contribution < -0.4 is 4.90 Å². The third-order valence-corrected chi connectivity index (χ3v) is 6.76. The number of hydrogen-bond donors (Lipinski definition) is 0. The molecular formula is C17H15ClF3N3O4S. The summed E-state index contributed by atoms with van der Waals surface area (Å²) in [4.78, 5) is 11.8. The van der Waals surface area contributed by atoms with E-state index in [-0.39, 0.29) is 31.9 Å². The zero-order chi connectivity index (χ0) is 21.4. The fourth-order valence-corrected chi connectivity index (χ4v) is 4.76. The number of benzene rings is 2. The van der Waals surface area contributed by atoms with E-state index in [0.29, 0.717) is 11.8 Å². The largest absolute Gasteiger partial charge is 0.417 e. The Morgan fingerprint density at radius 1 is 1.03 bits per heavy atom. The molecule has 0 unspecified atom stereocenters. The van der Waals surface area contributed by atoms with Crippen LogP contribution in [-0.2, 0) is 16.2 Å². The van der Waals surface area contributed by atoms with Crippen molar-refractivity contribution in [2.75, 3.05) is 31.1 Å². The number of halogens is 4. The summed E-state index contributed by atoms with van der Waals surface area (Å²) in [6.07, 6.45) is -4.78. The molecule has 1 saturated heterocycles. The van der Waals surface area contributed by atoms with Gasteiger partial charge in [-0.05, 0) is 24.3 Å². The molecule has 7 nitrogen and oxygen atoms in total. The number of piperazine rings is 1. The maximum atomic E-state index is 13.0. The van der Waals surface area contributed by atoms with Gasteiger partial charge < -0.3 is 4.90 Å². The molecule has 0 radical (unpaired) electrons. The minimum atomic E-state index is -4.78. The van der Waals surface area contributed by atoms with Gasteiger partial charge in [-0.3, -0.25) is 10.1 Å². The van der Waals surface area contributed by atoms with Crippen LogP contribution in [0.25, 0.3) is 0 Å². The quantitative estimate of drug-likeness (QED) is 0.524. The van der Waals surface area contributed by atoms with Crippen LogP contribution in [0.3, 0.4) is 0 Å². The van der Waals surface area contributed by atoms with Crippen molar-refractivity contribution in [1.82, 2.24) is 4.31 Å². The van der Waals surface area contributed by atoms with Crippen molar-refractivity contribution in [3.8, 4) is 0 Å². The number of anilines is 1. The van der Waals surface area contributed by atoms with Crippen molar-refractivity contribution in [2.45, 2.75) is 11.1 Å². The topological polar surface area (TPSA) is 83.8 Å². The molecule has 1 aliphatic rings. The van der Waals surface area contributed by atoms with E-state index >= 15 is 0 Å². The molecule has 0 aromatic heterocycles. The van der Waals surface area contributed by atoms with Crippen LogP contribution in [0.15, 0.2) is 47.4 Å². The van der Waals surface area contributed by atoms with E-state index in [2.05, 4.69) is 0 Å². The molecule has 0 amide bonds. The lowest BCUT2D eigenvalue weighted by molar-refractivity contribution is -0.384. The number of nitro groups is 1. The van der Waals surface area contributed by atoms with Crippen LogP contribution in [0, 0.1) is 10.1 Å². The lowest BCUT2D eigenvalue weighted by Crippen LogP contribution is -2.48. The molecule has 2 aromatic carbocycles. The Kier molecular flexibility index (Phi) is 5.74. The highest BCUT2D eigenvalue weighted by atomic mass is 35.5. The molecule has 1 fully saturated rings. The van der Waals surface area contributed by atoms with Gasteiger partial charge in [0.05, 0.1) is 20.4 Å². The molecule has 0 aliphatic carbocycles. The number of nitro benzene ring substituents is 1. The Hall–Kier alpha value is -2.37. The second-order valence-corrected chi connectivity index (χ2v) is 8.62. The van der Waals surface area contributed by atoms with Gasteiger partial charge in [-0.15, -0.1) is 0 Å². The van der Waals surface area contributed by atoms with Gasteiger partial charge in [0.2, 0.25) is 10.0 Å². The fourth-order valence-electron chi connectivity index (χ4n) is 3.09. The van der Waals surface area contributed by atoms with E-state index in [4.69, 9.17) is 11.6 Å². The van der Waals surface area contributed by atoms with E-state index in [0.717, 1.165) is 16.4 Å². The SMILES string of the molecule is O=[N+]([O-])c1ccccc1N1CCN(S(=O)(=O)c2ccc(Cl)c(C(F)(F)F)c2)CC1. The summed E-state index contributed by atoms with van der Waals surface area (Å²) in [5.74, 6) is 0. The molecular weight excluding hydrogens is 435 g/mol. The molecule has 12 heteroatoms. The van der Waals surface area contributed by atoms with Gasteiger partial charge in [0.25, 0.3) is 5.69 Å². The summed E-state index contributed by atoms with van der Waals surface area (Å²) < 4.78 is 65.8. The Morgan fingerprint density at radius 2 is 1.66 bits per heavy atom. The third kappa shape index (κ3) is 4.31.